The Balaban J connectivity index is 0.000000311. The number of likely N-dealkylation sites (N-methyl/N-ethyl adjacent to an activating group) is 1. The van der Waals surface area contributed by atoms with Gasteiger partial charge in [0.1, 0.15) is 0 Å². The number of aromatic hydroxyl groups is 1. The third-order valence-electron chi connectivity index (χ3n) is 4.21. The van der Waals surface area contributed by atoms with Gasteiger partial charge >= 0.3 is 11.4 Å². The van der Waals surface area contributed by atoms with Gasteiger partial charge in [-0.1, -0.05) is 5.16 Å². The third-order valence-corrected chi connectivity index (χ3v) is 4.21. The quantitative estimate of drug-likeness (QED) is 0.491. The first-order valence-electron chi connectivity index (χ1n) is 8.48. The summed E-state index contributed by atoms with van der Waals surface area (Å²) < 4.78 is 5.00. The fraction of sp³-hybridized carbons (Fsp3) is 0.375. The van der Waals surface area contributed by atoms with Crippen LogP contribution in [-0.4, -0.2) is 56.0 Å². The van der Waals surface area contributed by atoms with E-state index in [4.69, 9.17) is 9.63 Å². The molecule has 1 aromatic carbocycles. The summed E-state index contributed by atoms with van der Waals surface area (Å²) in [7, 11) is 3.70. The summed E-state index contributed by atoms with van der Waals surface area (Å²) in [6, 6.07) is 0.694. The lowest BCUT2D eigenvalue weighted by Gasteiger charge is -2.17. The van der Waals surface area contributed by atoms with Crippen LogP contribution < -0.4 is 5.32 Å². The zero-order chi connectivity index (χ0) is 24.0. The summed E-state index contributed by atoms with van der Waals surface area (Å²) in [5, 5.41) is 46.7. The molecule has 0 aliphatic heterocycles. The Morgan fingerprint density at radius 2 is 1.58 bits per heavy atom. The zero-order valence-corrected chi connectivity index (χ0v) is 17.2. The fourth-order valence-electron chi connectivity index (χ4n) is 1.96. The Bertz CT molecular complexity index is 982. The average molecular weight is 440 g/mol. The minimum Gasteiger partial charge on any atom is -0.497 e. The Labute approximate surface area is 174 Å². The SMILES string of the molecule is Cc1noc(NC(=O)C(C)N(C)C)c1C.O=[N+]([O-])c1cc([N+](=O)[O-])c(O)c([N+](=O)[O-])c1. The van der Waals surface area contributed by atoms with Crippen LogP contribution in [0.3, 0.4) is 0 Å². The first-order valence-corrected chi connectivity index (χ1v) is 8.48. The van der Waals surface area contributed by atoms with Gasteiger partial charge in [0, 0.05) is 5.56 Å². The standard InChI is InChI=1S/C10H17N3O2.C6H3N3O7/c1-6-7(2)12-15-10(6)11-9(14)8(3)13(4)5;10-6-4(8(13)14)1-3(7(11)12)2-5(6)9(15)16/h8H,1-5H3,(H,11,14);1-2,10H. The summed E-state index contributed by atoms with van der Waals surface area (Å²) in [5.41, 5.74) is -1.34. The monoisotopic (exact) mass is 440 g/mol. The lowest BCUT2D eigenvalue weighted by Crippen LogP contribution is -2.37. The molecule has 1 heterocycles. The number of rotatable bonds is 6. The van der Waals surface area contributed by atoms with E-state index < -0.39 is 37.6 Å². The number of hydrogen-bond donors (Lipinski definition) is 2. The van der Waals surface area contributed by atoms with E-state index in [-0.39, 0.29) is 11.9 Å². The third kappa shape index (κ3) is 6.17. The van der Waals surface area contributed by atoms with Crippen LogP contribution in [0.5, 0.6) is 5.75 Å². The zero-order valence-electron chi connectivity index (χ0n) is 17.2. The van der Waals surface area contributed by atoms with Crippen LogP contribution in [0.15, 0.2) is 16.7 Å². The molecule has 1 atom stereocenters. The number of aromatic nitrogens is 1. The minimum absolute atomic E-state index is 0.0979. The second-order valence-electron chi connectivity index (χ2n) is 6.45. The average Bonchev–Trinajstić information content (AvgIpc) is 2.99. The first kappa shape index (κ1) is 24.9. The number of nitrogens with one attached hydrogen (secondary N) is 1. The van der Waals surface area contributed by atoms with Crippen molar-refractivity contribution >= 4 is 28.9 Å². The molecule has 0 bridgehead atoms. The van der Waals surface area contributed by atoms with Crippen LogP contribution in [0.25, 0.3) is 0 Å². The number of non-ortho nitro benzene ring substituents is 1. The molecule has 31 heavy (non-hydrogen) atoms. The predicted octanol–water partition coefficient (Wildman–Crippen LogP) is 2.30. The molecule has 15 heteroatoms. The van der Waals surface area contributed by atoms with Crippen LogP contribution in [0.2, 0.25) is 0 Å². The second kappa shape index (κ2) is 10.1. The number of benzene rings is 1. The van der Waals surface area contributed by atoms with Crippen molar-refractivity contribution in [1.82, 2.24) is 10.1 Å². The van der Waals surface area contributed by atoms with Gasteiger partial charge < -0.3 is 9.63 Å². The van der Waals surface area contributed by atoms with Crippen LogP contribution in [0.4, 0.5) is 22.9 Å². The normalized spacial score (nSPS) is 11.3. The number of carbonyl (C=O) groups is 1. The van der Waals surface area contributed by atoms with Gasteiger partial charge in [-0.15, -0.1) is 0 Å². The largest absolute Gasteiger partial charge is 0.497 e. The smallest absolute Gasteiger partial charge is 0.324 e. The molecule has 0 fully saturated rings. The maximum Gasteiger partial charge on any atom is 0.324 e. The maximum absolute atomic E-state index is 11.7. The molecule has 0 spiro atoms. The summed E-state index contributed by atoms with van der Waals surface area (Å²) in [5.74, 6) is -0.869. The van der Waals surface area contributed by atoms with E-state index in [1.165, 1.54) is 0 Å². The van der Waals surface area contributed by atoms with Crippen molar-refractivity contribution in [3.63, 3.8) is 0 Å². The Morgan fingerprint density at radius 3 is 1.90 bits per heavy atom. The van der Waals surface area contributed by atoms with Gasteiger partial charge in [-0.05, 0) is 34.9 Å². The molecular formula is C16H20N6O9. The molecule has 168 valence electrons. The van der Waals surface area contributed by atoms with Gasteiger partial charge in [0.05, 0.1) is 38.6 Å². The molecule has 0 saturated heterocycles. The highest BCUT2D eigenvalue weighted by Gasteiger charge is 2.30. The number of hydrogen-bond acceptors (Lipinski definition) is 11. The lowest BCUT2D eigenvalue weighted by atomic mass is 10.2. The Morgan fingerprint density at radius 1 is 1.10 bits per heavy atom. The van der Waals surface area contributed by atoms with Crippen LogP contribution in [0, 0.1) is 44.2 Å². The topological polar surface area (TPSA) is 208 Å². The molecule has 0 aliphatic rings. The van der Waals surface area contributed by atoms with E-state index in [0.29, 0.717) is 18.0 Å². The molecule has 1 unspecified atom stereocenters. The van der Waals surface area contributed by atoms with Gasteiger partial charge in [0.2, 0.25) is 11.8 Å². The molecule has 0 radical (unpaired) electrons. The van der Waals surface area contributed by atoms with Crippen molar-refractivity contribution < 1.29 is 29.2 Å². The molecule has 2 N–H and O–H groups in total. The van der Waals surface area contributed by atoms with Crippen molar-refractivity contribution in [3.05, 3.63) is 53.7 Å². The van der Waals surface area contributed by atoms with Crippen molar-refractivity contribution in [1.29, 1.82) is 0 Å². The highest BCUT2D eigenvalue weighted by atomic mass is 16.6. The highest BCUT2D eigenvalue weighted by molar-refractivity contribution is 5.93. The maximum atomic E-state index is 11.7. The van der Waals surface area contributed by atoms with Gasteiger partial charge in [0.25, 0.3) is 11.4 Å². The molecule has 1 aromatic heterocycles. The number of nitro benzene ring substituents is 3. The molecule has 15 nitrogen and oxygen atoms in total. The highest BCUT2D eigenvalue weighted by Crippen LogP contribution is 2.38. The number of carbonyl (C=O) groups excluding carboxylic acids is 1. The molecule has 2 rings (SSSR count). The van der Waals surface area contributed by atoms with Gasteiger partial charge in [-0.2, -0.15) is 0 Å². The summed E-state index contributed by atoms with van der Waals surface area (Å²) in [6.07, 6.45) is 0. The molecule has 2 aromatic rings. The number of nitro groups is 3. The van der Waals surface area contributed by atoms with Gasteiger partial charge in [-0.25, -0.2) is 0 Å². The lowest BCUT2D eigenvalue weighted by molar-refractivity contribution is -0.404. The van der Waals surface area contributed by atoms with Crippen LogP contribution in [0.1, 0.15) is 18.2 Å². The number of amides is 1. The van der Waals surface area contributed by atoms with Crippen molar-refractivity contribution in [2.75, 3.05) is 19.4 Å². The van der Waals surface area contributed by atoms with E-state index in [9.17, 15) is 35.1 Å². The van der Waals surface area contributed by atoms with Crippen molar-refractivity contribution in [2.24, 2.45) is 0 Å². The Hall–Kier alpha value is -4.14. The van der Waals surface area contributed by atoms with Gasteiger partial charge in [0.15, 0.2) is 0 Å². The summed E-state index contributed by atoms with van der Waals surface area (Å²) >= 11 is 0. The van der Waals surface area contributed by atoms with Crippen LogP contribution in [-0.2, 0) is 4.79 Å². The summed E-state index contributed by atoms with van der Waals surface area (Å²) in [4.78, 5) is 41.3. The van der Waals surface area contributed by atoms with E-state index in [1.807, 2.05) is 39.8 Å². The number of aryl methyl sites for hydroxylation is 1. The predicted molar refractivity (Wildman–Crippen MR) is 106 cm³/mol. The molecule has 0 aliphatic carbocycles. The first-order chi connectivity index (χ1) is 14.3. The van der Waals surface area contributed by atoms with E-state index in [1.54, 1.807) is 0 Å². The molecular weight excluding hydrogens is 420 g/mol. The summed E-state index contributed by atoms with van der Waals surface area (Å²) in [6.45, 7) is 5.53. The minimum atomic E-state index is -1.21. The fourth-order valence-corrected chi connectivity index (χ4v) is 1.96. The van der Waals surface area contributed by atoms with Crippen LogP contribution >= 0.6 is 0 Å². The van der Waals surface area contributed by atoms with E-state index in [2.05, 4.69) is 10.5 Å². The second-order valence-corrected chi connectivity index (χ2v) is 6.45. The number of nitrogens with zero attached hydrogens (tertiary/aromatic N) is 5. The van der Waals surface area contributed by atoms with Gasteiger partial charge in [-0.3, -0.25) is 45.4 Å². The molecule has 1 amide bonds. The van der Waals surface area contributed by atoms with E-state index in [0.717, 1.165) is 11.3 Å². The molecule has 0 saturated carbocycles. The number of phenolic OH excluding ortho intramolecular Hbond substituents is 1. The van der Waals surface area contributed by atoms with Crippen molar-refractivity contribution in [3.8, 4) is 5.75 Å². The Kier molecular flexibility index (Phi) is 8.08. The van der Waals surface area contributed by atoms with E-state index >= 15 is 0 Å². The number of anilines is 1. The number of phenols is 1. The van der Waals surface area contributed by atoms with Crippen molar-refractivity contribution in [2.45, 2.75) is 26.8 Å².